The van der Waals surface area contributed by atoms with Crippen LogP contribution in [0.1, 0.15) is 49.7 Å². The van der Waals surface area contributed by atoms with Crippen molar-refractivity contribution in [2.24, 2.45) is 0 Å². The number of hydrogen-bond acceptors (Lipinski definition) is 3. The Hall–Kier alpha value is -2.69. The third-order valence-electron chi connectivity index (χ3n) is 5.55. The SMILES string of the molecule is C[C@H](CNC(=O)COC(=O)C1(c2ccc(F)cc2)CCCC1)c1ccccc1. The smallest absolute Gasteiger partial charge is 0.317 e. The van der Waals surface area contributed by atoms with Gasteiger partial charge in [0.2, 0.25) is 0 Å². The topological polar surface area (TPSA) is 55.4 Å². The second-order valence-corrected chi connectivity index (χ2v) is 7.49. The van der Waals surface area contributed by atoms with Gasteiger partial charge in [0.25, 0.3) is 5.91 Å². The molecule has 0 radical (unpaired) electrons. The molecular weight excluding hydrogens is 357 g/mol. The van der Waals surface area contributed by atoms with Gasteiger partial charge in [-0.15, -0.1) is 0 Å². The summed E-state index contributed by atoms with van der Waals surface area (Å²) in [6, 6.07) is 15.9. The molecule has 5 heteroatoms. The molecule has 3 rings (SSSR count). The lowest BCUT2D eigenvalue weighted by Crippen LogP contribution is -2.38. The normalized spacial score (nSPS) is 16.4. The molecule has 1 N–H and O–H groups in total. The zero-order chi connectivity index (χ0) is 20.0. The zero-order valence-electron chi connectivity index (χ0n) is 16.1. The van der Waals surface area contributed by atoms with E-state index in [2.05, 4.69) is 5.32 Å². The first-order valence-electron chi connectivity index (χ1n) is 9.76. The highest BCUT2D eigenvalue weighted by Crippen LogP contribution is 2.42. The number of rotatable bonds is 7. The van der Waals surface area contributed by atoms with Gasteiger partial charge in [0.05, 0.1) is 5.41 Å². The summed E-state index contributed by atoms with van der Waals surface area (Å²) in [7, 11) is 0. The molecule has 0 spiro atoms. The number of carbonyl (C=O) groups excluding carboxylic acids is 2. The highest BCUT2D eigenvalue weighted by atomic mass is 19.1. The number of amides is 1. The van der Waals surface area contributed by atoms with E-state index in [0.717, 1.165) is 24.0 Å². The van der Waals surface area contributed by atoms with Crippen LogP contribution in [0.3, 0.4) is 0 Å². The van der Waals surface area contributed by atoms with Gasteiger partial charge in [0, 0.05) is 6.54 Å². The van der Waals surface area contributed by atoms with Gasteiger partial charge in [-0.05, 0) is 42.0 Å². The minimum atomic E-state index is -0.773. The second kappa shape index (κ2) is 9.00. The number of benzene rings is 2. The Morgan fingerprint density at radius 1 is 1.07 bits per heavy atom. The van der Waals surface area contributed by atoms with Crippen molar-refractivity contribution in [3.8, 4) is 0 Å². The van der Waals surface area contributed by atoms with Crippen LogP contribution >= 0.6 is 0 Å². The summed E-state index contributed by atoms with van der Waals surface area (Å²) in [5.74, 6) is -0.885. The van der Waals surface area contributed by atoms with Crippen molar-refractivity contribution in [3.05, 3.63) is 71.5 Å². The Labute approximate surface area is 165 Å². The van der Waals surface area contributed by atoms with Crippen LogP contribution in [-0.2, 0) is 19.7 Å². The highest BCUT2D eigenvalue weighted by Gasteiger charge is 2.44. The van der Waals surface area contributed by atoms with Gasteiger partial charge in [0.15, 0.2) is 6.61 Å². The monoisotopic (exact) mass is 383 g/mol. The summed E-state index contributed by atoms with van der Waals surface area (Å²) in [6.07, 6.45) is 3.13. The largest absolute Gasteiger partial charge is 0.455 e. The van der Waals surface area contributed by atoms with Crippen molar-refractivity contribution >= 4 is 11.9 Å². The summed E-state index contributed by atoms with van der Waals surface area (Å²) in [5.41, 5.74) is 1.13. The lowest BCUT2D eigenvalue weighted by molar-refractivity contribution is -0.154. The van der Waals surface area contributed by atoms with Crippen molar-refractivity contribution in [2.75, 3.05) is 13.2 Å². The molecule has 0 saturated heterocycles. The lowest BCUT2D eigenvalue weighted by Gasteiger charge is -2.27. The van der Waals surface area contributed by atoms with Gasteiger partial charge in [-0.2, -0.15) is 0 Å². The molecule has 148 valence electrons. The summed E-state index contributed by atoms with van der Waals surface area (Å²) in [6.45, 7) is 2.20. The fraction of sp³-hybridized carbons (Fsp3) is 0.391. The standard InChI is InChI=1S/C23H26FNO3/c1-17(18-7-3-2-4-8-18)15-25-21(26)16-28-22(27)23(13-5-6-14-23)19-9-11-20(24)12-10-19/h2-4,7-12,17H,5-6,13-16H2,1H3,(H,25,26)/t17-/m1/s1. The molecule has 0 aliphatic heterocycles. The molecule has 1 fully saturated rings. The molecule has 0 unspecified atom stereocenters. The Balaban J connectivity index is 1.54. The molecule has 0 bridgehead atoms. The molecule has 1 aliphatic rings. The van der Waals surface area contributed by atoms with Crippen LogP contribution in [0.4, 0.5) is 4.39 Å². The van der Waals surface area contributed by atoms with E-state index >= 15 is 0 Å². The fourth-order valence-electron chi connectivity index (χ4n) is 3.84. The third-order valence-corrected chi connectivity index (χ3v) is 5.55. The van der Waals surface area contributed by atoms with E-state index in [1.165, 1.54) is 12.1 Å². The number of carbonyl (C=O) groups is 2. The first-order valence-corrected chi connectivity index (χ1v) is 9.76. The van der Waals surface area contributed by atoms with Gasteiger partial charge in [-0.1, -0.05) is 62.2 Å². The van der Waals surface area contributed by atoms with E-state index in [1.54, 1.807) is 12.1 Å². The predicted octanol–water partition coefficient (Wildman–Crippen LogP) is 4.10. The van der Waals surface area contributed by atoms with E-state index in [-0.39, 0.29) is 24.2 Å². The van der Waals surface area contributed by atoms with Crippen LogP contribution in [-0.4, -0.2) is 25.0 Å². The van der Waals surface area contributed by atoms with E-state index in [1.807, 2.05) is 37.3 Å². The molecule has 1 amide bonds. The van der Waals surface area contributed by atoms with Crippen molar-refractivity contribution in [1.29, 1.82) is 0 Å². The first kappa shape index (κ1) is 20.1. The second-order valence-electron chi connectivity index (χ2n) is 7.49. The van der Waals surface area contributed by atoms with Gasteiger partial charge >= 0.3 is 5.97 Å². The van der Waals surface area contributed by atoms with Crippen molar-refractivity contribution in [3.63, 3.8) is 0 Å². The number of hydrogen-bond donors (Lipinski definition) is 1. The maximum absolute atomic E-state index is 13.3. The molecule has 0 aromatic heterocycles. The number of esters is 1. The van der Waals surface area contributed by atoms with Gasteiger partial charge in [0.1, 0.15) is 5.82 Å². The number of nitrogens with one attached hydrogen (secondary N) is 1. The Morgan fingerprint density at radius 3 is 2.36 bits per heavy atom. The number of ether oxygens (including phenoxy) is 1. The lowest BCUT2D eigenvalue weighted by atomic mass is 9.79. The minimum Gasteiger partial charge on any atom is -0.455 e. The van der Waals surface area contributed by atoms with E-state index < -0.39 is 11.4 Å². The van der Waals surface area contributed by atoms with Crippen LogP contribution in [0.25, 0.3) is 0 Å². The predicted molar refractivity (Wildman–Crippen MR) is 105 cm³/mol. The van der Waals surface area contributed by atoms with E-state index in [4.69, 9.17) is 4.74 Å². The Morgan fingerprint density at radius 2 is 1.71 bits per heavy atom. The van der Waals surface area contributed by atoms with Gasteiger partial charge in [-0.3, -0.25) is 9.59 Å². The molecule has 0 heterocycles. The zero-order valence-corrected chi connectivity index (χ0v) is 16.1. The quantitative estimate of drug-likeness (QED) is 0.733. The van der Waals surface area contributed by atoms with Crippen molar-refractivity contribution < 1.29 is 18.7 Å². The molecule has 1 saturated carbocycles. The van der Waals surface area contributed by atoms with E-state index in [0.29, 0.717) is 19.4 Å². The molecule has 4 nitrogen and oxygen atoms in total. The van der Waals surface area contributed by atoms with Crippen LogP contribution in [0.15, 0.2) is 54.6 Å². The Kier molecular flexibility index (Phi) is 6.45. The average Bonchev–Trinajstić information content (AvgIpc) is 3.22. The van der Waals surface area contributed by atoms with Crippen LogP contribution < -0.4 is 5.32 Å². The third kappa shape index (κ3) is 4.58. The average molecular weight is 383 g/mol. The Bertz CT molecular complexity index is 798. The van der Waals surface area contributed by atoms with Gasteiger partial charge in [-0.25, -0.2) is 4.39 Å². The van der Waals surface area contributed by atoms with Crippen LogP contribution in [0.2, 0.25) is 0 Å². The van der Waals surface area contributed by atoms with Crippen molar-refractivity contribution in [2.45, 2.75) is 43.9 Å². The minimum absolute atomic E-state index is 0.168. The molecular formula is C23H26FNO3. The molecule has 2 aromatic rings. The van der Waals surface area contributed by atoms with Crippen LogP contribution in [0.5, 0.6) is 0 Å². The maximum Gasteiger partial charge on any atom is 0.317 e. The number of halogens is 1. The molecule has 1 atom stereocenters. The fourth-order valence-corrected chi connectivity index (χ4v) is 3.84. The molecule has 1 aliphatic carbocycles. The van der Waals surface area contributed by atoms with Crippen molar-refractivity contribution in [1.82, 2.24) is 5.32 Å². The summed E-state index contributed by atoms with van der Waals surface area (Å²) in [5, 5.41) is 2.82. The maximum atomic E-state index is 13.3. The summed E-state index contributed by atoms with van der Waals surface area (Å²) >= 11 is 0. The first-order chi connectivity index (χ1) is 13.5. The summed E-state index contributed by atoms with van der Waals surface area (Å²) in [4.78, 5) is 25.0. The molecule has 28 heavy (non-hydrogen) atoms. The summed E-state index contributed by atoms with van der Waals surface area (Å²) < 4.78 is 18.6. The van der Waals surface area contributed by atoms with E-state index in [9.17, 15) is 14.0 Å². The van der Waals surface area contributed by atoms with Gasteiger partial charge < -0.3 is 10.1 Å². The highest BCUT2D eigenvalue weighted by molar-refractivity contribution is 5.86. The molecule has 2 aromatic carbocycles. The van der Waals surface area contributed by atoms with Crippen LogP contribution in [0, 0.1) is 5.82 Å².